The summed E-state index contributed by atoms with van der Waals surface area (Å²) >= 11 is 4.38. The summed E-state index contributed by atoms with van der Waals surface area (Å²) in [5.74, 6) is -0.162. The number of carbonyl (C=O) groups is 1. The molecule has 8 heteroatoms. The summed E-state index contributed by atoms with van der Waals surface area (Å²) in [6.45, 7) is 5.53. The van der Waals surface area contributed by atoms with Crippen LogP contribution in [0.2, 0.25) is 0 Å². The van der Waals surface area contributed by atoms with Crippen LogP contribution in [0, 0.1) is 0 Å². The molecule has 0 aromatic heterocycles. The third-order valence-electron chi connectivity index (χ3n) is 2.75. The van der Waals surface area contributed by atoms with Crippen LogP contribution in [-0.2, 0) is 14.8 Å². The van der Waals surface area contributed by atoms with Gasteiger partial charge in [-0.3, -0.25) is 9.69 Å². The van der Waals surface area contributed by atoms with Crippen LogP contribution in [-0.4, -0.2) is 36.2 Å². The molecule has 1 amide bonds. The van der Waals surface area contributed by atoms with Crippen molar-refractivity contribution in [2.75, 3.05) is 6.54 Å². The Morgan fingerprint density at radius 1 is 1.43 bits per heavy atom. The fourth-order valence-electron chi connectivity index (χ4n) is 1.72. The van der Waals surface area contributed by atoms with Gasteiger partial charge >= 0.3 is 0 Å². The number of hydrogen-bond acceptors (Lipinski definition) is 4. The minimum absolute atomic E-state index is 0.0874. The highest BCUT2D eigenvalue weighted by molar-refractivity contribution is 9.10. The first-order valence-electron chi connectivity index (χ1n) is 6.04. The summed E-state index contributed by atoms with van der Waals surface area (Å²) in [6, 6.07) is 6.19. The number of halogens is 1. The summed E-state index contributed by atoms with van der Waals surface area (Å²) in [7, 11) is -3.84. The van der Waals surface area contributed by atoms with Gasteiger partial charge in [0.05, 0.1) is 10.1 Å². The Hall–Kier alpha value is -1.12. The highest BCUT2D eigenvalue weighted by Gasteiger charge is 2.35. The zero-order chi connectivity index (χ0) is 15.6. The molecule has 0 bridgehead atoms. The molecule has 2 rings (SSSR count). The van der Waals surface area contributed by atoms with Crippen molar-refractivity contribution >= 4 is 48.8 Å². The van der Waals surface area contributed by atoms with E-state index in [-0.39, 0.29) is 27.8 Å². The van der Waals surface area contributed by atoms with Gasteiger partial charge in [-0.05, 0) is 31.2 Å². The Morgan fingerprint density at radius 2 is 2.05 bits per heavy atom. The maximum Gasteiger partial charge on any atom is 0.284 e. The van der Waals surface area contributed by atoms with E-state index >= 15 is 0 Å². The molecular formula is C13H13BrN2O3S2. The number of rotatable bonds is 4. The van der Waals surface area contributed by atoms with E-state index in [4.69, 9.17) is 0 Å². The van der Waals surface area contributed by atoms with Crippen LogP contribution in [0.15, 0.2) is 50.7 Å². The van der Waals surface area contributed by atoms with Crippen molar-refractivity contribution < 1.29 is 13.2 Å². The fraction of sp³-hybridized carbons (Fsp3) is 0.231. The van der Waals surface area contributed by atoms with Gasteiger partial charge in [0.15, 0.2) is 5.17 Å². The number of thioether (sulfide) groups is 1. The smallest absolute Gasteiger partial charge is 0.284 e. The molecule has 1 aromatic rings. The van der Waals surface area contributed by atoms with Crippen molar-refractivity contribution in [1.29, 1.82) is 0 Å². The van der Waals surface area contributed by atoms with Gasteiger partial charge < -0.3 is 0 Å². The van der Waals surface area contributed by atoms with Crippen LogP contribution in [0.1, 0.15) is 6.92 Å². The molecule has 0 N–H and O–H groups in total. The maximum absolute atomic E-state index is 12.3. The fourth-order valence-corrected chi connectivity index (χ4v) is 4.17. The van der Waals surface area contributed by atoms with E-state index in [1.165, 1.54) is 23.1 Å². The number of hydrogen-bond donors (Lipinski definition) is 0. The standard InChI is InChI=1S/C13H13BrN2O3S2/c1-3-8-16-12(17)9(2)20-13(16)15-21(18,19)11-6-4-10(14)5-7-11/h3-7,9H,1,8H2,2H3/t9-/m0/s1. The second-order valence-corrected chi connectivity index (χ2v) is 8.13. The molecule has 0 radical (unpaired) electrons. The van der Waals surface area contributed by atoms with E-state index < -0.39 is 10.0 Å². The largest absolute Gasteiger partial charge is 0.286 e. The first-order chi connectivity index (χ1) is 9.85. The minimum Gasteiger partial charge on any atom is -0.286 e. The highest BCUT2D eigenvalue weighted by Crippen LogP contribution is 2.28. The van der Waals surface area contributed by atoms with Gasteiger partial charge in [0.2, 0.25) is 5.91 Å². The normalized spacial score (nSPS) is 21.0. The molecule has 1 heterocycles. The topological polar surface area (TPSA) is 66.8 Å². The SMILES string of the molecule is C=CCN1C(=O)[C@H](C)SC1=NS(=O)(=O)c1ccc(Br)cc1. The van der Waals surface area contributed by atoms with E-state index in [0.29, 0.717) is 0 Å². The number of benzene rings is 1. The first-order valence-corrected chi connectivity index (χ1v) is 9.16. The molecule has 21 heavy (non-hydrogen) atoms. The lowest BCUT2D eigenvalue weighted by atomic mass is 10.4. The van der Waals surface area contributed by atoms with Crippen molar-refractivity contribution in [2.45, 2.75) is 17.1 Å². The van der Waals surface area contributed by atoms with Crippen molar-refractivity contribution in [1.82, 2.24) is 4.90 Å². The van der Waals surface area contributed by atoms with Gasteiger partial charge in [-0.25, -0.2) is 0 Å². The second kappa shape index (κ2) is 6.33. The number of nitrogens with zero attached hydrogens (tertiary/aromatic N) is 2. The molecule has 0 aliphatic carbocycles. The quantitative estimate of drug-likeness (QED) is 0.743. The Bertz CT molecular complexity index is 699. The number of amides is 1. The molecule has 0 unspecified atom stereocenters. The molecule has 1 saturated heterocycles. The van der Waals surface area contributed by atoms with E-state index in [1.807, 2.05) is 0 Å². The van der Waals surface area contributed by atoms with Gasteiger partial charge in [-0.1, -0.05) is 33.8 Å². The molecular weight excluding hydrogens is 376 g/mol. The average molecular weight is 389 g/mol. The lowest BCUT2D eigenvalue weighted by molar-refractivity contribution is -0.125. The van der Waals surface area contributed by atoms with Crippen molar-refractivity contribution in [2.24, 2.45) is 4.40 Å². The van der Waals surface area contributed by atoms with Crippen LogP contribution in [0.25, 0.3) is 0 Å². The van der Waals surface area contributed by atoms with Crippen molar-refractivity contribution in [3.05, 3.63) is 41.4 Å². The third-order valence-corrected chi connectivity index (χ3v) is 5.75. The number of amidine groups is 1. The average Bonchev–Trinajstić information content (AvgIpc) is 2.67. The minimum atomic E-state index is -3.84. The van der Waals surface area contributed by atoms with Gasteiger partial charge in [0.25, 0.3) is 10.0 Å². The summed E-state index contributed by atoms with van der Waals surface area (Å²) in [5, 5.41) is -0.154. The molecule has 112 valence electrons. The molecule has 1 aliphatic heterocycles. The van der Waals surface area contributed by atoms with Gasteiger partial charge in [0, 0.05) is 11.0 Å². The number of carbonyl (C=O) groups excluding carboxylic acids is 1. The van der Waals surface area contributed by atoms with Crippen LogP contribution in [0.3, 0.4) is 0 Å². The highest BCUT2D eigenvalue weighted by atomic mass is 79.9. The molecule has 1 atom stereocenters. The molecule has 0 spiro atoms. The van der Waals surface area contributed by atoms with E-state index in [2.05, 4.69) is 26.9 Å². The molecule has 1 aromatic carbocycles. The Kier molecular flexibility index (Phi) is 4.90. The summed E-state index contributed by atoms with van der Waals surface area (Å²) < 4.78 is 29.1. The molecule has 1 fully saturated rings. The van der Waals surface area contributed by atoms with E-state index in [0.717, 1.165) is 16.2 Å². The molecule has 0 saturated carbocycles. The van der Waals surface area contributed by atoms with Gasteiger partial charge in [-0.2, -0.15) is 8.42 Å². The molecule has 1 aliphatic rings. The predicted octanol–water partition coefficient (Wildman–Crippen LogP) is 2.64. The third kappa shape index (κ3) is 3.56. The Morgan fingerprint density at radius 3 is 2.62 bits per heavy atom. The van der Waals surface area contributed by atoms with E-state index in [1.54, 1.807) is 19.1 Å². The molecule has 5 nitrogen and oxygen atoms in total. The zero-order valence-electron chi connectivity index (χ0n) is 11.2. The zero-order valence-corrected chi connectivity index (χ0v) is 14.4. The van der Waals surface area contributed by atoms with Crippen molar-refractivity contribution in [3.8, 4) is 0 Å². The summed E-state index contributed by atoms with van der Waals surface area (Å²) in [4.78, 5) is 13.4. The van der Waals surface area contributed by atoms with Crippen LogP contribution >= 0.6 is 27.7 Å². The number of sulfonamides is 1. The monoisotopic (exact) mass is 388 g/mol. The van der Waals surface area contributed by atoms with Crippen LogP contribution in [0.5, 0.6) is 0 Å². The predicted molar refractivity (Wildman–Crippen MR) is 87.7 cm³/mol. The maximum atomic E-state index is 12.3. The van der Waals surface area contributed by atoms with Gasteiger partial charge in [-0.15, -0.1) is 11.0 Å². The van der Waals surface area contributed by atoms with Crippen LogP contribution < -0.4 is 0 Å². The van der Waals surface area contributed by atoms with E-state index in [9.17, 15) is 13.2 Å². The van der Waals surface area contributed by atoms with Crippen LogP contribution in [0.4, 0.5) is 0 Å². The Labute approximate surface area is 136 Å². The Balaban J connectivity index is 2.39. The lowest BCUT2D eigenvalue weighted by Gasteiger charge is -2.13. The first kappa shape index (κ1) is 16.3. The second-order valence-electron chi connectivity index (χ2n) is 4.30. The van der Waals surface area contributed by atoms with Crippen molar-refractivity contribution in [3.63, 3.8) is 0 Å². The summed E-state index contributed by atoms with van der Waals surface area (Å²) in [5.41, 5.74) is 0. The van der Waals surface area contributed by atoms with Gasteiger partial charge in [0.1, 0.15) is 0 Å². The summed E-state index contributed by atoms with van der Waals surface area (Å²) in [6.07, 6.45) is 1.54. The lowest BCUT2D eigenvalue weighted by Crippen LogP contribution is -2.31.